The molecule has 0 bridgehead atoms. The molecule has 0 radical (unpaired) electrons. The van der Waals surface area contributed by atoms with Crippen LogP contribution in [0.25, 0.3) is 0 Å². The summed E-state index contributed by atoms with van der Waals surface area (Å²) >= 11 is 0. The lowest BCUT2D eigenvalue weighted by Crippen LogP contribution is -2.46. The van der Waals surface area contributed by atoms with Crippen molar-refractivity contribution in [3.8, 4) is 0 Å². The number of benzene rings is 1. The second-order valence-electron chi connectivity index (χ2n) is 8.47. The van der Waals surface area contributed by atoms with Crippen molar-refractivity contribution in [2.75, 3.05) is 26.7 Å². The van der Waals surface area contributed by atoms with Crippen LogP contribution in [-0.2, 0) is 11.3 Å². The molecule has 2 amide bonds. The molecule has 1 saturated heterocycles. The number of hydrogen-bond donors (Lipinski definition) is 2. The number of rotatable bonds is 4. The number of aliphatic hydroxyl groups excluding tert-OH is 2. The van der Waals surface area contributed by atoms with Crippen LogP contribution in [0, 0.1) is 0 Å². The SMILES string of the molecule is C/C(CN(C)C(=O)c1ccccc1CO)=C1\CCN(C(=O)OC(C)(C)C)CC1O. The average molecular weight is 405 g/mol. The predicted molar refractivity (Wildman–Crippen MR) is 110 cm³/mol. The van der Waals surface area contributed by atoms with Crippen molar-refractivity contribution in [2.24, 2.45) is 0 Å². The first kappa shape index (κ1) is 22.9. The minimum atomic E-state index is -0.788. The Hall–Kier alpha value is -2.38. The number of ether oxygens (including phenoxy) is 1. The first-order valence-corrected chi connectivity index (χ1v) is 9.82. The van der Waals surface area contributed by atoms with Gasteiger partial charge in [0, 0.05) is 25.7 Å². The quantitative estimate of drug-likeness (QED) is 0.753. The van der Waals surface area contributed by atoms with Gasteiger partial charge in [-0.3, -0.25) is 4.79 Å². The zero-order chi connectivity index (χ0) is 21.8. The fraction of sp³-hybridized carbons (Fsp3) is 0.545. The van der Waals surface area contributed by atoms with Crippen molar-refractivity contribution in [1.82, 2.24) is 9.80 Å². The molecule has 7 heteroatoms. The fourth-order valence-corrected chi connectivity index (χ4v) is 3.42. The molecule has 0 aliphatic carbocycles. The van der Waals surface area contributed by atoms with Gasteiger partial charge in [0.05, 0.1) is 19.3 Å². The van der Waals surface area contributed by atoms with Crippen molar-refractivity contribution in [3.63, 3.8) is 0 Å². The summed E-state index contributed by atoms with van der Waals surface area (Å²) in [5, 5.41) is 20.0. The summed E-state index contributed by atoms with van der Waals surface area (Å²) in [7, 11) is 1.70. The maximum absolute atomic E-state index is 12.8. The molecule has 29 heavy (non-hydrogen) atoms. The zero-order valence-corrected chi connectivity index (χ0v) is 17.9. The summed E-state index contributed by atoms with van der Waals surface area (Å²) in [4.78, 5) is 28.1. The number of hydrogen-bond acceptors (Lipinski definition) is 5. The fourth-order valence-electron chi connectivity index (χ4n) is 3.42. The van der Waals surface area contributed by atoms with E-state index >= 15 is 0 Å². The van der Waals surface area contributed by atoms with E-state index < -0.39 is 17.8 Å². The lowest BCUT2D eigenvalue weighted by Gasteiger charge is -2.35. The number of carbonyl (C=O) groups is 2. The summed E-state index contributed by atoms with van der Waals surface area (Å²) in [6.07, 6.45) is -0.688. The minimum absolute atomic E-state index is 0.173. The Bertz CT molecular complexity index is 782. The van der Waals surface area contributed by atoms with Gasteiger partial charge in [-0.2, -0.15) is 0 Å². The molecule has 1 aliphatic rings. The molecule has 7 nitrogen and oxygen atoms in total. The smallest absolute Gasteiger partial charge is 0.410 e. The van der Waals surface area contributed by atoms with Crippen LogP contribution in [0.15, 0.2) is 35.4 Å². The van der Waals surface area contributed by atoms with Gasteiger partial charge in [0.2, 0.25) is 0 Å². The molecule has 1 heterocycles. The van der Waals surface area contributed by atoms with Crippen molar-refractivity contribution in [3.05, 3.63) is 46.5 Å². The van der Waals surface area contributed by atoms with Gasteiger partial charge in [0.15, 0.2) is 0 Å². The van der Waals surface area contributed by atoms with Gasteiger partial charge in [0.1, 0.15) is 5.60 Å². The van der Waals surface area contributed by atoms with Gasteiger partial charge in [-0.1, -0.05) is 23.8 Å². The molecular formula is C22H32N2O5. The van der Waals surface area contributed by atoms with Crippen molar-refractivity contribution >= 4 is 12.0 Å². The largest absolute Gasteiger partial charge is 0.444 e. The zero-order valence-electron chi connectivity index (χ0n) is 17.9. The number of likely N-dealkylation sites (N-methyl/N-ethyl adjacent to an activating group) is 1. The predicted octanol–water partition coefficient (Wildman–Crippen LogP) is 2.57. The maximum atomic E-state index is 12.8. The van der Waals surface area contributed by atoms with E-state index in [2.05, 4.69) is 0 Å². The highest BCUT2D eigenvalue weighted by Crippen LogP contribution is 2.23. The highest BCUT2D eigenvalue weighted by atomic mass is 16.6. The van der Waals surface area contributed by atoms with Crippen molar-refractivity contribution < 1.29 is 24.5 Å². The topological polar surface area (TPSA) is 90.3 Å². The monoisotopic (exact) mass is 404 g/mol. The summed E-state index contributed by atoms with van der Waals surface area (Å²) in [6.45, 7) is 8.11. The van der Waals surface area contributed by atoms with E-state index in [-0.39, 0.29) is 19.1 Å². The number of piperidine rings is 1. The van der Waals surface area contributed by atoms with Gasteiger partial charge in [-0.15, -0.1) is 0 Å². The van der Waals surface area contributed by atoms with Gasteiger partial charge in [-0.25, -0.2) is 4.79 Å². The molecule has 0 spiro atoms. The number of nitrogens with zero attached hydrogens (tertiary/aromatic N) is 2. The van der Waals surface area contributed by atoms with Crippen LogP contribution in [-0.4, -0.2) is 70.4 Å². The van der Waals surface area contributed by atoms with E-state index in [0.717, 1.165) is 11.1 Å². The highest BCUT2D eigenvalue weighted by Gasteiger charge is 2.30. The van der Waals surface area contributed by atoms with Gasteiger partial charge in [0.25, 0.3) is 5.91 Å². The van der Waals surface area contributed by atoms with Crippen LogP contribution >= 0.6 is 0 Å². The Morgan fingerprint density at radius 1 is 1.28 bits per heavy atom. The number of aliphatic hydroxyl groups is 2. The standard InChI is InChI=1S/C22H32N2O5/c1-15(12-23(5)20(27)18-9-7-6-8-16(18)14-25)17-10-11-24(13-19(17)26)21(28)29-22(2,3)4/h6-9,19,25-26H,10-14H2,1-5H3/b17-15-. The van der Waals surface area contributed by atoms with Crippen LogP contribution in [0.3, 0.4) is 0 Å². The molecule has 160 valence electrons. The lowest BCUT2D eigenvalue weighted by molar-refractivity contribution is 0.0123. The molecule has 1 unspecified atom stereocenters. The van der Waals surface area contributed by atoms with Crippen LogP contribution in [0.4, 0.5) is 4.79 Å². The Morgan fingerprint density at radius 2 is 1.93 bits per heavy atom. The van der Waals surface area contributed by atoms with E-state index in [1.165, 1.54) is 4.90 Å². The van der Waals surface area contributed by atoms with Gasteiger partial charge in [-0.05, 0) is 51.3 Å². The van der Waals surface area contributed by atoms with E-state index in [0.29, 0.717) is 30.6 Å². The second-order valence-corrected chi connectivity index (χ2v) is 8.47. The van der Waals surface area contributed by atoms with Crippen molar-refractivity contribution in [1.29, 1.82) is 0 Å². The Balaban J connectivity index is 2.04. The molecule has 0 aromatic heterocycles. The van der Waals surface area contributed by atoms with E-state index in [1.807, 2.05) is 27.7 Å². The molecule has 2 N–H and O–H groups in total. The number of amides is 2. The lowest BCUT2D eigenvalue weighted by atomic mass is 9.95. The molecule has 2 rings (SSSR count). The Labute approximate surface area is 172 Å². The summed E-state index contributed by atoms with van der Waals surface area (Å²) in [6, 6.07) is 6.97. The van der Waals surface area contributed by atoms with Gasteiger partial charge >= 0.3 is 6.09 Å². The number of β-amino-alcohol motifs (C(OH)–C–C–N with tert-alkyl or cyclic N) is 1. The Morgan fingerprint density at radius 3 is 2.52 bits per heavy atom. The minimum Gasteiger partial charge on any atom is -0.444 e. The third-order valence-electron chi connectivity index (χ3n) is 4.89. The van der Waals surface area contributed by atoms with Crippen molar-refractivity contribution in [2.45, 2.75) is 52.4 Å². The molecular weight excluding hydrogens is 372 g/mol. The molecule has 1 fully saturated rings. The molecule has 1 aromatic rings. The molecule has 0 saturated carbocycles. The molecule has 1 aliphatic heterocycles. The maximum Gasteiger partial charge on any atom is 0.410 e. The van der Waals surface area contributed by atoms with Gasteiger partial charge < -0.3 is 24.7 Å². The molecule has 1 atom stereocenters. The van der Waals surface area contributed by atoms with Crippen LogP contribution in [0.2, 0.25) is 0 Å². The summed E-state index contributed by atoms with van der Waals surface area (Å²) < 4.78 is 5.37. The number of carbonyl (C=O) groups excluding carboxylic acids is 2. The van der Waals surface area contributed by atoms with E-state index in [9.17, 15) is 19.8 Å². The summed E-state index contributed by atoms with van der Waals surface area (Å²) in [5.41, 5.74) is 2.22. The average Bonchev–Trinajstić information content (AvgIpc) is 2.65. The Kier molecular flexibility index (Phi) is 7.43. The third-order valence-corrected chi connectivity index (χ3v) is 4.89. The first-order chi connectivity index (χ1) is 13.5. The van der Waals surface area contributed by atoms with Crippen LogP contribution in [0.1, 0.15) is 50.0 Å². The van der Waals surface area contributed by atoms with Crippen LogP contribution in [0.5, 0.6) is 0 Å². The highest BCUT2D eigenvalue weighted by molar-refractivity contribution is 5.95. The second kappa shape index (κ2) is 9.41. The summed E-state index contributed by atoms with van der Waals surface area (Å²) in [5.74, 6) is -0.185. The van der Waals surface area contributed by atoms with E-state index in [4.69, 9.17) is 4.74 Å². The van der Waals surface area contributed by atoms with Crippen LogP contribution < -0.4 is 0 Å². The first-order valence-electron chi connectivity index (χ1n) is 9.82. The van der Waals surface area contributed by atoms with E-state index in [1.54, 1.807) is 36.2 Å². The normalized spacial score (nSPS) is 19.0. The number of likely N-dealkylation sites (tertiary alicyclic amines) is 1. The molecule has 1 aromatic carbocycles. The third kappa shape index (κ3) is 6.05.